The van der Waals surface area contributed by atoms with Crippen LogP contribution in [0.25, 0.3) is 11.0 Å². The Morgan fingerprint density at radius 1 is 1.24 bits per heavy atom. The van der Waals surface area contributed by atoms with Crippen molar-refractivity contribution in [1.29, 1.82) is 0 Å². The van der Waals surface area contributed by atoms with E-state index in [0.29, 0.717) is 24.8 Å². The summed E-state index contributed by atoms with van der Waals surface area (Å²) in [5.74, 6) is 2.19. The van der Waals surface area contributed by atoms with Crippen LogP contribution in [0.2, 0.25) is 0 Å². The van der Waals surface area contributed by atoms with E-state index < -0.39 is 0 Å². The first kappa shape index (κ1) is 19.5. The largest absolute Gasteiger partial charge is 0.492 e. The van der Waals surface area contributed by atoms with Crippen LogP contribution in [-0.4, -0.2) is 47.0 Å². The second kappa shape index (κ2) is 8.66. The molecule has 0 radical (unpaired) electrons. The van der Waals surface area contributed by atoms with Gasteiger partial charge in [-0.3, -0.25) is 9.69 Å². The molecule has 0 aliphatic carbocycles. The molecule has 6 nitrogen and oxygen atoms in total. The van der Waals surface area contributed by atoms with Crippen molar-refractivity contribution < 1.29 is 9.53 Å². The van der Waals surface area contributed by atoms with Gasteiger partial charge in [0.15, 0.2) is 0 Å². The third kappa shape index (κ3) is 4.59. The smallest absolute Gasteiger partial charge is 0.238 e. The first-order chi connectivity index (χ1) is 14.1. The van der Waals surface area contributed by atoms with Gasteiger partial charge in [0.05, 0.1) is 29.9 Å². The number of amides is 1. The lowest BCUT2D eigenvalue weighted by Crippen LogP contribution is -2.39. The summed E-state index contributed by atoms with van der Waals surface area (Å²) in [6.45, 7) is 6.78. The molecule has 1 fully saturated rings. The van der Waals surface area contributed by atoms with Gasteiger partial charge >= 0.3 is 0 Å². The highest BCUT2D eigenvalue weighted by Crippen LogP contribution is 2.28. The van der Waals surface area contributed by atoms with Crippen LogP contribution >= 0.6 is 0 Å². The van der Waals surface area contributed by atoms with Crippen LogP contribution in [0.3, 0.4) is 0 Å². The number of carbonyl (C=O) groups excluding carboxylic acids is 1. The van der Waals surface area contributed by atoms with Crippen LogP contribution in [0.5, 0.6) is 5.75 Å². The average molecular weight is 393 g/mol. The van der Waals surface area contributed by atoms with E-state index in [1.54, 1.807) is 0 Å². The van der Waals surface area contributed by atoms with Crippen molar-refractivity contribution in [3.05, 3.63) is 53.9 Å². The first-order valence-corrected chi connectivity index (χ1v) is 10.3. The molecule has 2 aromatic carbocycles. The molecule has 3 aromatic rings. The molecular formula is C23H28N4O2. The summed E-state index contributed by atoms with van der Waals surface area (Å²) >= 11 is 0. The van der Waals surface area contributed by atoms with Crippen LogP contribution in [0, 0.1) is 6.92 Å². The minimum atomic E-state index is -0.00480. The number of rotatable bonds is 6. The number of aromatic amines is 1. The highest BCUT2D eigenvalue weighted by molar-refractivity contribution is 5.93. The summed E-state index contributed by atoms with van der Waals surface area (Å²) < 4.78 is 5.58. The SMILES string of the molecule is CCOc1ccccc1NC(=O)CN1CCC(c2nc3ccc(C)cc3[nH]2)CC1. The highest BCUT2D eigenvalue weighted by Gasteiger charge is 2.24. The van der Waals surface area contributed by atoms with Crippen LogP contribution in [0.4, 0.5) is 5.69 Å². The summed E-state index contributed by atoms with van der Waals surface area (Å²) in [5.41, 5.74) is 4.10. The van der Waals surface area contributed by atoms with Crippen molar-refractivity contribution in [3.8, 4) is 5.75 Å². The van der Waals surface area contributed by atoms with Gasteiger partial charge in [0.25, 0.3) is 0 Å². The van der Waals surface area contributed by atoms with Crippen LogP contribution in [0.1, 0.15) is 37.1 Å². The molecule has 1 aliphatic heterocycles. The van der Waals surface area contributed by atoms with Crippen molar-refractivity contribution in [2.24, 2.45) is 0 Å². The maximum Gasteiger partial charge on any atom is 0.238 e. The molecule has 6 heteroatoms. The van der Waals surface area contributed by atoms with Crippen LogP contribution < -0.4 is 10.1 Å². The summed E-state index contributed by atoms with van der Waals surface area (Å²) in [7, 11) is 0. The van der Waals surface area contributed by atoms with E-state index in [1.807, 2.05) is 31.2 Å². The first-order valence-electron chi connectivity index (χ1n) is 10.3. The van der Waals surface area contributed by atoms with Gasteiger partial charge in [-0.2, -0.15) is 0 Å². The number of aromatic nitrogens is 2. The molecule has 0 unspecified atom stereocenters. The van der Waals surface area contributed by atoms with Crippen molar-refractivity contribution in [1.82, 2.24) is 14.9 Å². The van der Waals surface area contributed by atoms with E-state index in [4.69, 9.17) is 9.72 Å². The topological polar surface area (TPSA) is 70.2 Å². The number of imidazole rings is 1. The number of carbonyl (C=O) groups is 1. The zero-order valence-corrected chi connectivity index (χ0v) is 17.1. The summed E-state index contributed by atoms with van der Waals surface area (Å²) in [5, 5.41) is 2.98. The lowest BCUT2D eigenvalue weighted by Gasteiger charge is -2.30. The predicted octanol–water partition coefficient (Wildman–Crippen LogP) is 4.09. The maximum absolute atomic E-state index is 12.5. The molecule has 1 aliphatic rings. The number of hydrogen-bond acceptors (Lipinski definition) is 4. The van der Waals surface area contributed by atoms with Gasteiger partial charge in [0.1, 0.15) is 11.6 Å². The number of fused-ring (bicyclic) bond motifs is 1. The number of likely N-dealkylation sites (tertiary alicyclic amines) is 1. The minimum absolute atomic E-state index is 0.00480. The fraction of sp³-hybridized carbons (Fsp3) is 0.391. The Kier molecular flexibility index (Phi) is 5.81. The van der Waals surface area contributed by atoms with E-state index in [2.05, 4.69) is 40.3 Å². The number of aryl methyl sites for hydroxylation is 1. The number of hydrogen-bond donors (Lipinski definition) is 2. The van der Waals surface area contributed by atoms with Crippen molar-refractivity contribution in [3.63, 3.8) is 0 Å². The normalized spacial score (nSPS) is 15.5. The molecule has 152 valence electrons. The van der Waals surface area contributed by atoms with Crippen molar-refractivity contribution in [2.45, 2.75) is 32.6 Å². The molecule has 2 N–H and O–H groups in total. The molecule has 1 amide bonds. The van der Waals surface area contributed by atoms with Crippen molar-refractivity contribution >= 4 is 22.6 Å². The third-order valence-electron chi connectivity index (χ3n) is 5.46. The van der Waals surface area contributed by atoms with Gasteiger partial charge in [-0.25, -0.2) is 4.98 Å². The Bertz CT molecular complexity index is 989. The number of nitrogens with zero attached hydrogens (tertiary/aromatic N) is 2. The van der Waals surface area contributed by atoms with Crippen molar-refractivity contribution in [2.75, 3.05) is 31.6 Å². The number of ether oxygens (including phenoxy) is 1. The molecular weight excluding hydrogens is 364 g/mol. The molecule has 0 atom stereocenters. The molecule has 4 rings (SSSR count). The Morgan fingerprint density at radius 2 is 2.03 bits per heavy atom. The standard InChI is InChI=1S/C23H28N4O2/c1-3-29-21-7-5-4-6-19(21)24-22(28)15-27-12-10-17(11-13-27)23-25-18-9-8-16(2)14-20(18)26-23/h4-9,14,17H,3,10-13,15H2,1-2H3,(H,24,28)(H,25,26). The second-order valence-corrected chi connectivity index (χ2v) is 7.67. The number of nitrogens with one attached hydrogen (secondary N) is 2. The van der Waals surface area contributed by atoms with Gasteiger partial charge in [0.2, 0.25) is 5.91 Å². The fourth-order valence-corrected chi connectivity index (χ4v) is 3.95. The van der Waals surface area contributed by atoms with E-state index in [-0.39, 0.29) is 5.91 Å². The highest BCUT2D eigenvalue weighted by atomic mass is 16.5. The summed E-state index contributed by atoms with van der Waals surface area (Å²) in [4.78, 5) is 23.0. The number of para-hydroxylation sites is 2. The van der Waals surface area contributed by atoms with Crippen LogP contribution in [-0.2, 0) is 4.79 Å². The van der Waals surface area contributed by atoms with Gasteiger partial charge in [-0.1, -0.05) is 18.2 Å². The van der Waals surface area contributed by atoms with E-state index >= 15 is 0 Å². The molecule has 0 spiro atoms. The Hall–Kier alpha value is -2.86. The Labute approximate surface area is 171 Å². The number of benzene rings is 2. The molecule has 0 saturated carbocycles. The lowest BCUT2D eigenvalue weighted by atomic mass is 9.96. The maximum atomic E-state index is 12.5. The fourth-order valence-electron chi connectivity index (χ4n) is 3.95. The van der Waals surface area contributed by atoms with Gasteiger partial charge in [-0.15, -0.1) is 0 Å². The number of piperidine rings is 1. The minimum Gasteiger partial charge on any atom is -0.492 e. The third-order valence-corrected chi connectivity index (χ3v) is 5.46. The van der Waals surface area contributed by atoms with Crippen LogP contribution in [0.15, 0.2) is 42.5 Å². The number of H-pyrrole nitrogens is 1. The van der Waals surface area contributed by atoms with E-state index in [1.165, 1.54) is 5.56 Å². The summed E-state index contributed by atoms with van der Waals surface area (Å²) in [6, 6.07) is 13.9. The zero-order chi connectivity index (χ0) is 20.2. The molecule has 29 heavy (non-hydrogen) atoms. The predicted molar refractivity (Wildman–Crippen MR) is 115 cm³/mol. The quantitative estimate of drug-likeness (QED) is 0.663. The lowest BCUT2D eigenvalue weighted by molar-refractivity contribution is -0.117. The zero-order valence-electron chi connectivity index (χ0n) is 17.1. The molecule has 1 aromatic heterocycles. The molecule has 1 saturated heterocycles. The molecule has 0 bridgehead atoms. The second-order valence-electron chi connectivity index (χ2n) is 7.67. The Balaban J connectivity index is 1.32. The van der Waals surface area contributed by atoms with Gasteiger partial charge in [0, 0.05) is 5.92 Å². The number of anilines is 1. The van der Waals surface area contributed by atoms with Gasteiger partial charge in [-0.05, 0) is 69.6 Å². The van der Waals surface area contributed by atoms with E-state index in [9.17, 15) is 4.79 Å². The van der Waals surface area contributed by atoms with Gasteiger partial charge < -0.3 is 15.0 Å². The van der Waals surface area contributed by atoms with E-state index in [0.717, 1.165) is 48.5 Å². The average Bonchev–Trinajstić information content (AvgIpc) is 3.13. The summed E-state index contributed by atoms with van der Waals surface area (Å²) in [6.07, 6.45) is 2.00. The molecule has 2 heterocycles. The monoisotopic (exact) mass is 392 g/mol. The Morgan fingerprint density at radius 3 is 2.83 bits per heavy atom.